The molecule has 2 aliphatic heterocycles. The summed E-state index contributed by atoms with van der Waals surface area (Å²) in [7, 11) is 0. The van der Waals surface area contributed by atoms with Gasteiger partial charge in [-0.15, -0.1) is 0 Å². The van der Waals surface area contributed by atoms with Gasteiger partial charge in [0.25, 0.3) is 0 Å². The Morgan fingerprint density at radius 1 is 1.04 bits per heavy atom. The molecule has 2 rings (SSSR count). The van der Waals surface area contributed by atoms with Crippen LogP contribution < -0.4 is 10.6 Å². The topological polar surface area (TPSA) is 81.8 Å². The number of nitrogens with zero attached hydrogens (tertiary/aromatic N) is 2. The molecule has 0 radical (unpaired) electrons. The van der Waals surface area contributed by atoms with Crippen LogP contribution in [0.15, 0.2) is 0 Å². The number of hydrogen-bond donors (Lipinski definition) is 2. The molecule has 7 nitrogen and oxygen atoms in total. The van der Waals surface area contributed by atoms with Crippen molar-refractivity contribution in [1.82, 2.24) is 20.4 Å². The Morgan fingerprint density at radius 2 is 1.56 bits per heavy atom. The van der Waals surface area contributed by atoms with Crippen molar-refractivity contribution in [2.24, 2.45) is 0 Å². The first kappa shape index (κ1) is 19.7. The van der Waals surface area contributed by atoms with E-state index in [0.29, 0.717) is 44.4 Å². The van der Waals surface area contributed by atoms with Gasteiger partial charge in [0.05, 0.1) is 5.54 Å². The Morgan fingerprint density at radius 3 is 2.08 bits per heavy atom. The predicted molar refractivity (Wildman–Crippen MR) is 96.0 cm³/mol. The number of nitrogens with one attached hydrogen (secondary N) is 2. The highest BCUT2D eigenvalue weighted by Gasteiger charge is 2.52. The van der Waals surface area contributed by atoms with Gasteiger partial charge in [0.15, 0.2) is 0 Å². The molecule has 4 amide bonds. The van der Waals surface area contributed by atoms with Crippen LogP contribution >= 0.6 is 0 Å². The van der Waals surface area contributed by atoms with Crippen molar-refractivity contribution in [3.8, 4) is 0 Å². The molecule has 0 unspecified atom stereocenters. The van der Waals surface area contributed by atoms with Crippen molar-refractivity contribution in [1.29, 1.82) is 0 Å². The fourth-order valence-electron chi connectivity index (χ4n) is 4.16. The maximum Gasteiger partial charge on any atom is 0.314 e. The largest absolute Gasteiger partial charge is 0.338 e. The van der Waals surface area contributed by atoms with Gasteiger partial charge >= 0.3 is 6.03 Å². The molecule has 2 aliphatic rings. The van der Waals surface area contributed by atoms with E-state index in [9.17, 15) is 14.4 Å². The number of amides is 4. The van der Waals surface area contributed by atoms with E-state index < -0.39 is 0 Å². The standard InChI is InChI=1S/C18H32N4O3/c1-13(2)21(14(3)4)12-11-20-17(25)19-10-9-18-7-5-15(23)22(18)16(24)6-8-18/h13-14H,5-12H2,1-4H3,(H2,19,20,25). The first-order valence-corrected chi connectivity index (χ1v) is 9.40. The van der Waals surface area contributed by atoms with Crippen molar-refractivity contribution in [2.75, 3.05) is 19.6 Å². The van der Waals surface area contributed by atoms with Crippen LogP contribution in [0.25, 0.3) is 0 Å². The average Bonchev–Trinajstić information content (AvgIpc) is 3.02. The third kappa shape index (κ3) is 4.51. The zero-order chi connectivity index (χ0) is 18.6. The smallest absolute Gasteiger partial charge is 0.314 e. The highest BCUT2D eigenvalue weighted by atomic mass is 16.2. The lowest BCUT2D eigenvalue weighted by atomic mass is 9.90. The molecule has 0 aliphatic carbocycles. The van der Waals surface area contributed by atoms with Crippen LogP contribution in [0.3, 0.4) is 0 Å². The summed E-state index contributed by atoms with van der Waals surface area (Å²) < 4.78 is 0. The number of carbonyl (C=O) groups is 3. The number of fused-ring (bicyclic) bond motifs is 1. The number of imide groups is 1. The minimum absolute atomic E-state index is 0.0607. The van der Waals surface area contributed by atoms with Crippen LogP contribution in [-0.2, 0) is 9.59 Å². The molecule has 7 heteroatoms. The monoisotopic (exact) mass is 352 g/mol. The van der Waals surface area contributed by atoms with Gasteiger partial charge in [-0.2, -0.15) is 0 Å². The molecule has 0 aromatic heterocycles. The van der Waals surface area contributed by atoms with Crippen LogP contribution in [-0.4, -0.2) is 64.9 Å². The van der Waals surface area contributed by atoms with Gasteiger partial charge in [0, 0.05) is 44.6 Å². The Kier molecular flexibility index (Phi) is 6.43. The minimum Gasteiger partial charge on any atom is -0.338 e. The van der Waals surface area contributed by atoms with E-state index in [4.69, 9.17) is 0 Å². The van der Waals surface area contributed by atoms with Crippen LogP contribution in [0, 0.1) is 0 Å². The van der Waals surface area contributed by atoms with Crippen molar-refractivity contribution in [3.05, 3.63) is 0 Å². The second kappa shape index (κ2) is 8.17. The van der Waals surface area contributed by atoms with E-state index >= 15 is 0 Å². The van der Waals surface area contributed by atoms with Crippen molar-refractivity contribution in [2.45, 2.75) is 77.4 Å². The summed E-state index contributed by atoms with van der Waals surface area (Å²) >= 11 is 0. The molecule has 2 fully saturated rings. The maximum atomic E-state index is 12.0. The number of hydrogen-bond acceptors (Lipinski definition) is 4. The molecule has 2 saturated heterocycles. The molecule has 142 valence electrons. The van der Waals surface area contributed by atoms with Crippen molar-refractivity contribution < 1.29 is 14.4 Å². The summed E-state index contributed by atoms with van der Waals surface area (Å²) in [4.78, 5) is 39.5. The molecule has 0 aromatic carbocycles. The van der Waals surface area contributed by atoms with Crippen LogP contribution in [0.5, 0.6) is 0 Å². The normalized spacial score (nSPS) is 19.2. The fraction of sp³-hybridized carbons (Fsp3) is 0.833. The highest BCUT2D eigenvalue weighted by Crippen LogP contribution is 2.42. The number of urea groups is 1. The van der Waals surface area contributed by atoms with Gasteiger partial charge in [-0.3, -0.25) is 19.4 Å². The number of rotatable bonds is 8. The quantitative estimate of drug-likeness (QED) is 0.648. The SMILES string of the molecule is CC(C)N(CCNC(=O)NCCC12CCC(=O)N1C(=O)CC2)C(C)C. The Bertz CT molecular complexity index is 490. The fourth-order valence-corrected chi connectivity index (χ4v) is 4.16. The zero-order valence-corrected chi connectivity index (χ0v) is 15.9. The lowest BCUT2D eigenvalue weighted by Crippen LogP contribution is -2.47. The van der Waals surface area contributed by atoms with Gasteiger partial charge < -0.3 is 10.6 Å². The van der Waals surface area contributed by atoms with E-state index in [1.165, 1.54) is 4.90 Å². The molecule has 2 heterocycles. The first-order valence-electron chi connectivity index (χ1n) is 9.40. The van der Waals surface area contributed by atoms with E-state index in [2.05, 4.69) is 43.2 Å². The van der Waals surface area contributed by atoms with Crippen molar-refractivity contribution >= 4 is 17.8 Å². The summed E-state index contributed by atoms with van der Waals surface area (Å²) in [5.74, 6) is -0.121. The van der Waals surface area contributed by atoms with Crippen LogP contribution in [0.4, 0.5) is 4.79 Å². The van der Waals surface area contributed by atoms with Crippen molar-refractivity contribution in [3.63, 3.8) is 0 Å². The third-order valence-electron chi connectivity index (χ3n) is 5.44. The highest BCUT2D eigenvalue weighted by molar-refractivity contribution is 5.99. The second-order valence-electron chi connectivity index (χ2n) is 7.71. The molecule has 0 spiro atoms. The molecular formula is C18H32N4O3. The molecule has 0 bridgehead atoms. The minimum atomic E-state index is -0.354. The molecule has 0 aromatic rings. The summed E-state index contributed by atoms with van der Waals surface area (Å²) in [6.07, 6.45) is 2.97. The van der Waals surface area contributed by atoms with Crippen LogP contribution in [0.2, 0.25) is 0 Å². The first-order chi connectivity index (χ1) is 11.8. The molecule has 25 heavy (non-hydrogen) atoms. The van der Waals surface area contributed by atoms with Gasteiger partial charge in [0.2, 0.25) is 11.8 Å². The lowest BCUT2D eigenvalue weighted by molar-refractivity contribution is -0.142. The van der Waals surface area contributed by atoms with E-state index in [1.54, 1.807) is 0 Å². The predicted octanol–water partition coefficient (Wildman–Crippen LogP) is 1.48. The zero-order valence-electron chi connectivity index (χ0n) is 15.9. The molecular weight excluding hydrogens is 320 g/mol. The second-order valence-corrected chi connectivity index (χ2v) is 7.71. The van der Waals surface area contributed by atoms with Gasteiger partial charge in [-0.25, -0.2) is 4.79 Å². The van der Waals surface area contributed by atoms with E-state index in [-0.39, 0.29) is 23.4 Å². The van der Waals surface area contributed by atoms with E-state index in [1.807, 2.05) is 0 Å². The van der Waals surface area contributed by atoms with Gasteiger partial charge in [-0.1, -0.05) is 0 Å². The van der Waals surface area contributed by atoms with Gasteiger partial charge in [0.1, 0.15) is 0 Å². The lowest BCUT2D eigenvalue weighted by Gasteiger charge is -2.31. The Balaban J connectivity index is 1.71. The molecule has 2 N–H and O–H groups in total. The molecule has 0 saturated carbocycles. The maximum absolute atomic E-state index is 12.0. The van der Waals surface area contributed by atoms with Gasteiger partial charge in [-0.05, 0) is 47.0 Å². The van der Waals surface area contributed by atoms with Crippen LogP contribution in [0.1, 0.15) is 59.8 Å². The summed E-state index contributed by atoms with van der Waals surface area (Å²) in [5, 5.41) is 5.75. The number of carbonyl (C=O) groups excluding carboxylic acids is 3. The average molecular weight is 352 g/mol. The third-order valence-corrected chi connectivity index (χ3v) is 5.44. The Hall–Kier alpha value is -1.63. The Labute approximate surface area is 150 Å². The molecule has 0 atom stereocenters. The summed E-state index contributed by atoms with van der Waals surface area (Å²) in [6, 6.07) is 0.688. The summed E-state index contributed by atoms with van der Waals surface area (Å²) in [5.41, 5.74) is -0.354. The summed E-state index contributed by atoms with van der Waals surface area (Å²) in [6.45, 7) is 10.5. The van der Waals surface area contributed by atoms with E-state index in [0.717, 1.165) is 19.4 Å².